The third-order valence-corrected chi connectivity index (χ3v) is 3.96. The number of nitrogens with one attached hydrogen (secondary N) is 1. The Hall–Kier alpha value is -1.01. The lowest BCUT2D eigenvalue weighted by atomic mass is 10.3. The Labute approximate surface area is 105 Å². The van der Waals surface area contributed by atoms with Crippen molar-refractivity contribution < 1.29 is 0 Å². The van der Waals surface area contributed by atoms with Crippen LogP contribution in [0.1, 0.15) is 22.2 Å². The number of nitrogens with zero attached hydrogens (tertiary/aromatic N) is 2. The van der Waals surface area contributed by atoms with Crippen molar-refractivity contribution in [1.82, 2.24) is 15.0 Å². The summed E-state index contributed by atoms with van der Waals surface area (Å²) in [5, 5.41) is 2.95. The number of thiazole rings is 1. The number of aromatic amines is 1. The van der Waals surface area contributed by atoms with E-state index in [9.17, 15) is 4.79 Å². The van der Waals surface area contributed by atoms with E-state index >= 15 is 0 Å². The molecule has 0 atom stereocenters. The topological polar surface area (TPSA) is 58.6 Å². The molecule has 0 aliphatic rings. The number of rotatable bonds is 2. The minimum absolute atomic E-state index is 0.143. The molecule has 0 bridgehead atoms. The summed E-state index contributed by atoms with van der Waals surface area (Å²) >= 11 is 4.76. The van der Waals surface area contributed by atoms with E-state index in [1.807, 2.05) is 12.3 Å². The van der Waals surface area contributed by atoms with Gasteiger partial charge in [-0.2, -0.15) is 0 Å². The van der Waals surface area contributed by atoms with Gasteiger partial charge in [0.05, 0.1) is 12.1 Å². The molecule has 2 rings (SSSR count). The fourth-order valence-corrected chi connectivity index (χ4v) is 2.30. The lowest BCUT2D eigenvalue weighted by molar-refractivity contribution is 0.902. The largest absolute Gasteiger partial charge is 0.309 e. The van der Waals surface area contributed by atoms with Crippen LogP contribution in [-0.4, -0.2) is 15.0 Å². The average molecular weight is 300 g/mol. The van der Waals surface area contributed by atoms with Gasteiger partial charge in [0.2, 0.25) is 0 Å². The van der Waals surface area contributed by atoms with E-state index in [4.69, 9.17) is 0 Å². The molecule has 2 aromatic heterocycles. The van der Waals surface area contributed by atoms with E-state index in [1.54, 1.807) is 18.3 Å². The van der Waals surface area contributed by atoms with Crippen LogP contribution in [0, 0.1) is 13.8 Å². The van der Waals surface area contributed by atoms with Crippen molar-refractivity contribution in [1.29, 1.82) is 0 Å². The molecule has 0 aliphatic heterocycles. The Kier molecular flexibility index (Phi) is 3.20. The maximum Gasteiger partial charge on any atom is 0.265 e. The van der Waals surface area contributed by atoms with Crippen LogP contribution in [0.4, 0.5) is 0 Å². The van der Waals surface area contributed by atoms with Crippen LogP contribution in [0.25, 0.3) is 0 Å². The molecule has 6 heteroatoms. The molecule has 16 heavy (non-hydrogen) atoms. The summed E-state index contributed by atoms with van der Waals surface area (Å²) in [6.07, 6.45) is 0.571. The number of hydrogen-bond acceptors (Lipinski definition) is 4. The highest BCUT2D eigenvalue weighted by Crippen LogP contribution is 2.13. The number of aromatic nitrogens is 3. The SMILES string of the molecule is Cc1csc(Cc2nc(C)c(Br)c(=O)[nH]2)n1. The molecule has 1 N–H and O–H groups in total. The highest BCUT2D eigenvalue weighted by atomic mass is 79.9. The molecule has 0 fully saturated rings. The molecule has 0 radical (unpaired) electrons. The van der Waals surface area contributed by atoms with Gasteiger partial charge >= 0.3 is 0 Å². The summed E-state index contributed by atoms with van der Waals surface area (Å²) < 4.78 is 0.492. The molecule has 0 saturated heterocycles. The molecular formula is C10H10BrN3OS. The predicted octanol–water partition coefficient (Wildman–Crippen LogP) is 2.20. The molecule has 0 aromatic carbocycles. The fraction of sp³-hybridized carbons (Fsp3) is 0.300. The van der Waals surface area contributed by atoms with Gasteiger partial charge in [-0.15, -0.1) is 11.3 Å². The summed E-state index contributed by atoms with van der Waals surface area (Å²) in [7, 11) is 0. The molecule has 4 nitrogen and oxygen atoms in total. The van der Waals surface area contributed by atoms with Gasteiger partial charge in [-0.25, -0.2) is 9.97 Å². The van der Waals surface area contributed by atoms with E-state index in [0.717, 1.165) is 10.7 Å². The summed E-state index contributed by atoms with van der Waals surface area (Å²) in [6, 6.07) is 0. The van der Waals surface area contributed by atoms with Gasteiger partial charge in [0.1, 0.15) is 15.3 Å². The molecule has 0 amide bonds. The zero-order valence-corrected chi connectivity index (χ0v) is 11.3. The molecular weight excluding hydrogens is 290 g/mol. The van der Waals surface area contributed by atoms with Crippen LogP contribution in [0.15, 0.2) is 14.6 Å². The second-order valence-corrected chi connectivity index (χ2v) is 5.21. The number of aryl methyl sites for hydroxylation is 2. The van der Waals surface area contributed by atoms with Crippen molar-refractivity contribution in [2.45, 2.75) is 20.3 Å². The van der Waals surface area contributed by atoms with Crippen LogP contribution >= 0.6 is 27.3 Å². The zero-order chi connectivity index (χ0) is 11.7. The second kappa shape index (κ2) is 4.47. The minimum Gasteiger partial charge on any atom is -0.309 e. The van der Waals surface area contributed by atoms with Crippen molar-refractivity contribution in [3.8, 4) is 0 Å². The van der Waals surface area contributed by atoms with E-state index in [-0.39, 0.29) is 5.56 Å². The van der Waals surface area contributed by atoms with Gasteiger partial charge in [-0.1, -0.05) is 0 Å². The lowest BCUT2D eigenvalue weighted by Crippen LogP contribution is -2.14. The maximum absolute atomic E-state index is 11.5. The van der Waals surface area contributed by atoms with Crippen LogP contribution in [0.2, 0.25) is 0 Å². The summed E-state index contributed by atoms with van der Waals surface area (Å²) in [5.74, 6) is 0.653. The maximum atomic E-state index is 11.5. The molecule has 2 aromatic rings. The first-order valence-corrected chi connectivity index (χ1v) is 6.40. The Bertz CT molecular complexity index is 576. The van der Waals surface area contributed by atoms with Gasteiger partial charge in [-0.3, -0.25) is 4.79 Å². The second-order valence-electron chi connectivity index (χ2n) is 3.47. The normalized spacial score (nSPS) is 10.7. The van der Waals surface area contributed by atoms with Gasteiger partial charge in [0.15, 0.2) is 0 Å². The molecule has 0 spiro atoms. The number of hydrogen-bond donors (Lipinski definition) is 1. The third kappa shape index (κ3) is 2.38. The third-order valence-electron chi connectivity index (χ3n) is 2.06. The van der Waals surface area contributed by atoms with Gasteiger partial charge in [-0.05, 0) is 29.8 Å². The Morgan fingerprint density at radius 2 is 2.19 bits per heavy atom. The van der Waals surface area contributed by atoms with Gasteiger partial charge in [0, 0.05) is 11.1 Å². The standard InChI is InChI=1S/C10H10BrN3OS/c1-5-4-16-8(12-5)3-7-13-6(2)9(11)10(15)14-7/h4H,3H2,1-2H3,(H,13,14,15). The first-order chi connectivity index (χ1) is 7.56. The van der Waals surface area contributed by atoms with Crippen LogP contribution in [0.5, 0.6) is 0 Å². The van der Waals surface area contributed by atoms with E-state index in [2.05, 4.69) is 30.9 Å². The number of halogens is 1. The summed E-state index contributed by atoms with van der Waals surface area (Å²) in [6.45, 7) is 3.75. The Morgan fingerprint density at radius 3 is 2.75 bits per heavy atom. The highest BCUT2D eigenvalue weighted by Gasteiger charge is 2.07. The lowest BCUT2D eigenvalue weighted by Gasteiger charge is -2.01. The van der Waals surface area contributed by atoms with E-state index in [1.165, 1.54) is 0 Å². The van der Waals surface area contributed by atoms with E-state index < -0.39 is 0 Å². The zero-order valence-electron chi connectivity index (χ0n) is 8.87. The smallest absolute Gasteiger partial charge is 0.265 e. The van der Waals surface area contributed by atoms with Crippen molar-refractivity contribution in [2.75, 3.05) is 0 Å². The van der Waals surface area contributed by atoms with Crippen molar-refractivity contribution >= 4 is 27.3 Å². The van der Waals surface area contributed by atoms with Crippen LogP contribution in [-0.2, 0) is 6.42 Å². The molecule has 84 valence electrons. The number of H-pyrrole nitrogens is 1. The quantitative estimate of drug-likeness (QED) is 0.925. The van der Waals surface area contributed by atoms with Crippen LogP contribution in [0.3, 0.4) is 0 Å². The van der Waals surface area contributed by atoms with Crippen molar-refractivity contribution in [3.05, 3.63) is 42.4 Å². The molecule has 0 unspecified atom stereocenters. The Balaban J connectivity index is 2.32. The van der Waals surface area contributed by atoms with Crippen molar-refractivity contribution in [2.24, 2.45) is 0 Å². The Morgan fingerprint density at radius 1 is 1.44 bits per heavy atom. The predicted molar refractivity (Wildman–Crippen MR) is 67.0 cm³/mol. The molecule has 0 aliphatic carbocycles. The van der Waals surface area contributed by atoms with Gasteiger partial charge in [0.25, 0.3) is 5.56 Å². The monoisotopic (exact) mass is 299 g/mol. The summed E-state index contributed by atoms with van der Waals surface area (Å²) in [4.78, 5) is 22.9. The van der Waals surface area contributed by atoms with Crippen molar-refractivity contribution in [3.63, 3.8) is 0 Å². The summed E-state index contributed by atoms with van der Waals surface area (Å²) in [5.41, 5.74) is 1.55. The van der Waals surface area contributed by atoms with Gasteiger partial charge < -0.3 is 4.98 Å². The molecule has 2 heterocycles. The molecule has 0 saturated carbocycles. The first kappa shape index (κ1) is 11.5. The van der Waals surface area contributed by atoms with Crippen LogP contribution < -0.4 is 5.56 Å². The first-order valence-electron chi connectivity index (χ1n) is 4.72. The fourth-order valence-electron chi connectivity index (χ4n) is 1.34. The van der Waals surface area contributed by atoms with E-state index in [0.29, 0.717) is 22.4 Å². The average Bonchev–Trinajstić information content (AvgIpc) is 2.60. The highest BCUT2D eigenvalue weighted by molar-refractivity contribution is 9.10. The minimum atomic E-state index is -0.143.